The van der Waals surface area contributed by atoms with Crippen LogP contribution < -0.4 is 10.6 Å². The van der Waals surface area contributed by atoms with Crippen LogP contribution in [0.1, 0.15) is 16.7 Å². The molecule has 3 aromatic rings. The van der Waals surface area contributed by atoms with Crippen molar-refractivity contribution >= 4 is 17.3 Å². The van der Waals surface area contributed by atoms with Crippen molar-refractivity contribution in [3.05, 3.63) is 77.4 Å². The van der Waals surface area contributed by atoms with Crippen LogP contribution >= 0.6 is 0 Å². The van der Waals surface area contributed by atoms with Crippen molar-refractivity contribution < 1.29 is 4.39 Å². The molecule has 0 amide bonds. The summed E-state index contributed by atoms with van der Waals surface area (Å²) in [5.41, 5.74) is 4.03. The molecule has 0 radical (unpaired) electrons. The highest BCUT2D eigenvalue weighted by atomic mass is 19.1. The molecule has 0 aliphatic rings. The Morgan fingerprint density at radius 2 is 1.71 bits per heavy atom. The van der Waals surface area contributed by atoms with Crippen LogP contribution in [0.3, 0.4) is 0 Å². The topological polar surface area (TPSA) is 49.8 Å². The minimum atomic E-state index is -0.229. The second-order valence-electron chi connectivity index (χ2n) is 5.66. The Morgan fingerprint density at radius 3 is 2.50 bits per heavy atom. The molecular weight excluding hydrogens is 303 g/mol. The van der Waals surface area contributed by atoms with Crippen LogP contribution in [0, 0.1) is 19.7 Å². The lowest BCUT2D eigenvalue weighted by Gasteiger charge is -2.10. The first-order chi connectivity index (χ1) is 11.6. The van der Waals surface area contributed by atoms with Gasteiger partial charge in [-0.25, -0.2) is 14.4 Å². The SMILES string of the molecule is Cc1ccc(Nc2cc(NCc3ccccc3F)ncn2)cc1C. The summed E-state index contributed by atoms with van der Waals surface area (Å²) in [6, 6.07) is 14.6. The molecule has 0 saturated carbocycles. The van der Waals surface area contributed by atoms with Gasteiger partial charge in [-0.2, -0.15) is 0 Å². The maximum atomic E-state index is 13.6. The molecule has 1 aromatic heterocycles. The van der Waals surface area contributed by atoms with Crippen LogP contribution in [0.5, 0.6) is 0 Å². The molecule has 0 spiro atoms. The largest absolute Gasteiger partial charge is 0.366 e. The third-order valence-corrected chi connectivity index (χ3v) is 3.86. The van der Waals surface area contributed by atoms with E-state index in [1.54, 1.807) is 18.2 Å². The number of benzene rings is 2. The molecule has 0 saturated heterocycles. The van der Waals surface area contributed by atoms with Gasteiger partial charge in [-0.05, 0) is 43.2 Å². The Balaban J connectivity index is 1.69. The van der Waals surface area contributed by atoms with Crippen LogP contribution in [0.2, 0.25) is 0 Å². The van der Waals surface area contributed by atoms with E-state index in [0.29, 0.717) is 23.7 Å². The van der Waals surface area contributed by atoms with Crippen molar-refractivity contribution in [1.82, 2.24) is 9.97 Å². The predicted molar refractivity (Wildman–Crippen MR) is 95.0 cm³/mol. The predicted octanol–water partition coefficient (Wildman–Crippen LogP) is 4.59. The van der Waals surface area contributed by atoms with Gasteiger partial charge in [0.15, 0.2) is 0 Å². The van der Waals surface area contributed by atoms with Gasteiger partial charge in [0.05, 0.1) is 0 Å². The van der Waals surface area contributed by atoms with Gasteiger partial charge in [-0.15, -0.1) is 0 Å². The van der Waals surface area contributed by atoms with Gasteiger partial charge in [-0.1, -0.05) is 24.3 Å². The van der Waals surface area contributed by atoms with Crippen LogP contribution in [0.4, 0.5) is 21.7 Å². The number of halogens is 1. The molecule has 1 heterocycles. The van der Waals surface area contributed by atoms with E-state index < -0.39 is 0 Å². The fraction of sp³-hybridized carbons (Fsp3) is 0.158. The lowest BCUT2D eigenvalue weighted by atomic mass is 10.1. The number of nitrogens with zero attached hydrogens (tertiary/aromatic N) is 2. The highest BCUT2D eigenvalue weighted by Crippen LogP contribution is 2.19. The standard InChI is InChI=1S/C19H19FN4/c1-13-7-8-16(9-14(13)2)24-19-10-18(22-12-23-19)21-11-15-5-3-4-6-17(15)20/h3-10,12H,11H2,1-2H3,(H2,21,22,23,24). The summed E-state index contributed by atoms with van der Waals surface area (Å²) in [7, 11) is 0. The van der Waals surface area contributed by atoms with Gasteiger partial charge in [0.2, 0.25) is 0 Å². The molecule has 0 aliphatic heterocycles. The van der Waals surface area contributed by atoms with Gasteiger partial charge in [0.1, 0.15) is 23.8 Å². The zero-order valence-corrected chi connectivity index (χ0v) is 13.7. The van der Waals surface area contributed by atoms with E-state index in [9.17, 15) is 4.39 Å². The Morgan fingerprint density at radius 1 is 0.917 bits per heavy atom. The Bertz CT molecular complexity index is 848. The molecule has 122 valence electrons. The summed E-state index contributed by atoms with van der Waals surface area (Å²) in [6.45, 7) is 4.52. The van der Waals surface area contributed by atoms with E-state index in [0.717, 1.165) is 5.69 Å². The zero-order valence-electron chi connectivity index (χ0n) is 13.7. The lowest BCUT2D eigenvalue weighted by molar-refractivity contribution is 0.613. The number of nitrogens with one attached hydrogen (secondary N) is 2. The first-order valence-corrected chi connectivity index (χ1v) is 7.75. The molecule has 0 atom stereocenters. The quantitative estimate of drug-likeness (QED) is 0.721. The maximum Gasteiger partial charge on any atom is 0.135 e. The lowest BCUT2D eigenvalue weighted by Crippen LogP contribution is -2.04. The molecule has 5 heteroatoms. The number of anilines is 3. The summed E-state index contributed by atoms with van der Waals surface area (Å²) < 4.78 is 13.6. The van der Waals surface area contributed by atoms with Crippen molar-refractivity contribution in [2.24, 2.45) is 0 Å². The molecule has 2 N–H and O–H groups in total. The number of aryl methyl sites for hydroxylation is 2. The fourth-order valence-corrected chi connectivity index (χ4v) is 2.32. The average molecular weight is 322 g/mol. The highest BCUT2D eigenvalue weighted by Gasteiger charge is 2.03. The molecular formula is C19H19FN4. The maximum absolute atomic E-state index is 13.6. The van der Waals surface area contributed by atoms with Gasteiger partial charge in [-0.3, -0.25) is 0 Å². The summed E-state index contributed by atoms with van der Waals surface area (Å²) in [6.07, 6.45) is 1.48. The van der Waals surface area contributed by atoms with Crippen LogP contribution in [0.25, 0.3) is 0 Å². The monoisotopic (exact) mass is 322 g/mol. The summed E-state index contributed by atoms with van der Waals surface area (Å²) in [5, 5.41) is 6.37. The van der Waals surface area contributed by atoms with E-state index in [1.807, 2.05) is 12.1 Å². The van der Waals surface area contributed by atoms with Crippen molar-refractivity contribution in [3.63, 3.8) is 0 Å². The summed E-state index contributed by atoms with van der Waals surface area (Å²) in [4.78, 5) is 8.40. The third-order valence-electron chi connectivity index (χ3n) is 3.86. The number of rotatable bonds is 5. The third kappa shape index (κ3) is 3.87. The van der Waals surface area contributed by atoms with Crippen LogP contribution in [-0.4, -0.2) is 9.97 Å². The highest BCUT2D eigenvalue weighted by molar-refractivity contribution is 5.60. The smallest absolute Gasteiger partial charge is 0.135 e. The Hall–Kier alpha value is -2.95. The van der Waals surface area contributed by atoms with Gasteiger partial charge in [0.25, 0.3) is 0 Å². The first-order valence-electron chi connectivity index (χ1n) is 7.75. The first kappa shape index (κ1) is 15.9. The second kappa shape index (κ2) is 7.08. The van der Waals surface area contributed by atoms with Crippen molar-refractivity contribution in [1.29, 1.82) is 0 Å². The van der Waals surface area contributed by atoms with E-state index >= 15 is 0 Å². The van der Waals surface area contributed by atoms with Crippen molar-refractivity contribution in [2.45, 2.75) is 20.4 Å². The molecule has 0 bridgehead atoms. The molecule has 2 aromatic carbocycles. The summed E-state index contributed by atoms with van der Waals surface area (Å²) >= 11 is 0. The molecule has 0 unspecified atom stereocenters. The molecule has 0 fully saturated rings. The Kier molecular flexibility index (Phi) is 4.70. The van der Waals surface area contributed by atoms with Gasteiger partial charge in [0, 0.05) is 23.9 Å². The number of hydrogen-bond acceptors (Lipinski definition) is 4. The number of hydrogen-bond donors (Lipinski definition) is 2. The van der Waals surface area contributed by atoms with Crippen molar-refractivity contribution in [3.8, 4) is 0 Å². The molecule has 0 aliphatic carbocycles. The number of aromatic nitrogens is 2. The summed E-state index contributed by atoms with van der Waals surface area (Å²) in [5.74, 6) is 1.09. The van der Waals surface area contributed by atoms with E-state index in [-0.39, 0.29) is 5.82 Å². The van der Waals surface area contributed by atoms with Crippen molar-refractivity contribution in [2.75, 3.05) is 10.6 Å². The minimum absolute atomic E-state index is 0.229. The second-order valence-corrected chi connectivity index (χ2v) is 5.66. The normalized spacial score (nSPS) is 10.5. The molecule has 24 heavy (non-hydrogen) atoms. The molecule has 3 rings (SSSR count). The molecule has 4 nitrogen and oxygen atoms in total. The zero-order chi connectivity index (χ0) is 16.9. The fourth-order valence-electron chi connectivity index (χ4n) is 2.32. The average Bonchev–Trinajstić information content (AvgIpc) is 2.58. The van der Waals surface area contributed by atoms with Crippen LogP contribution in [0.15, 0.2) is 54.9 Å². The minimum Gasteiger partial charge on any atom is -0.366 e. The van der Waals surface area contributed by atoms with E-state index in [1.165, 1.54) is 23.5 Å². The van der Waals surface area contributed by atoms with E-state index in [2.05, 4.69) is 46.6 Å². The van der Waals surface area contributed by atoms with Gasteiger partial charge < -0.3 is 10.6 Å². The van der Waals surface area contributed by atoms with Gasteiger partial charge >= 0.3 is 0 Å². The van der Waals surface area contributed by atoms with Crippen LogP contribution in [-0.2, 0) is 6.54 Å². The Labute approximate surface area is 140 Å². The van der Waals surface area contributed by atoms with E-state index in [4.69, 9.17) is 0 Å².